The summed E-state index contributed by atoms with van der Waals surface area (Å²) in [5.41, 5.74) is -0.756. The van der Waals surface area contributed by atoms with E-state index in [0.717, 1.165) is 0 Å². The molecule has 2 rings (SSSR count). The largest absolute Gasteiger partial charge is 0.485 e. The summed E-state index contributed by atoms with van der Waals surface area (Å²) in [6, 6.07) is 2.05. The van der Waals surface area contributed by atoms with Gasteiger partial charge in [0, 0.05) is 14.6 Å². The van der Waals surface area contributed by atoms with Crippen molar-refractivity contribution in [1.82, 2.24) is 5.32 Å². The molecule has 0 aliphatic rings. The van der Waals surface area contributed by atoms with Crippen LogP contribution in [0.3, 0.4) is 0 Å². The molecule has 0 spiro atoms. The number of hydrogen-bond acceptors (Lipinski definition) is 2. The Morgan fingerprint density at radius 2 is 2.16 bits per heavy atom. The summed E-state index contributed by atoms with van der Waals surface area (Å²) in [5, 5.41) is 2.19. The fourth-order valence-electron chi connectivity index (χ4n) is 1.48. The van der Waals surface area contributed by atoms with Crippen molar-refractivity contribution in [2.75, 3.05) is 13.5 Å². The highest BCUT2D eigenvalue weighted by Crippen LogP contribution is 2.26. The van der Waals surface area contributed by atoms with Crippen LogP contribution in [-0.4, -0.2) is 13.5 Å². The summed E-state index contributed by atoms with van der Waals surface area (Å²) in [6.45, 7) is -5.48. The van der Waals surface area contributed by atoms with E-state index in [0.29, 0.717) is 0 Å². The van der Waals surface area contributed by atoms with Gasteiger partial charge in [-0.3, -0.25) is 0 Å². The third-order valence-corrected chi connectivity index (χ3v) is 2.38. The van der Waals surface area contributed by atoms with Gasteiger partial charge in [0.25, 0.3) is 0 Å². The average molecular weight is 267 g/mol. The summed E-state index contributed by atoms with van der Waals surface area (Å²) >= 11 is 0. The Kier molecular flexibility index (Phi) is 1.81. The molecule has 0 aliphatic heterocycles. The predicted molar refractivity (Wildman–Crippen MR) is 79.5 cm³/mol. The van der Waals surface area contributed by atoms with Gasteiger partial charge in [0.15, 0.2) is 0 Å². The minimum Gasteiger partial charge on any atom is -0.485 e. The molecule has 0 saturated carbocycles. The quantitative estimate of drug-likeness (QED) is 0.861. The lowest BCUT2D eigenvalue weighted by Crippen LogP contribution is -2.16. The van der Waals surface area contributed by atoms with E-state index < -0.39 is 62.1 Å². The van der Waals surface area contributed by atoms with Crippen molar-refractivity contribution in [2.45, 2.75) is 19.4 Å². The molecule has 0 fully saturated rings. The molecule has 1 N–H and O–H groups in total. The number of aryl methyl sites for hydroxylation is 1. The molecule has 0 amide bonds. The monoisotopic (exact) mass is 267 g/mol. The van der Waals surface area contributed by atoms with Gasteiger partial charge >= 0.3 is 0 Å². The van der Waals surface area contributed by atoms with E-state index in [2.05, 4.69) is 5.32 Å². The van der Waals surface area contributed by atoms with Crippen LogP contribution in [0, 0.1) is 6.85 Å². The Bertz CT molecular complexity index is 926. The van der Waals surface area contributed by atoms with E-state index in [4.69, 9.17) is 21.2 Å². The lowest BCUT2D eigenvalue weighted by atomic mass is 10.1. The fraction of sp³-hybridized carbons (Fsp3) is 0.294. The first-order valence-corrected chi connectivity index (χ1v) is 5.69. The van der Waals surface area contributed by atoms with Crippen LogP contribution in [-0.2, 0) is 0 Å². The first-order chi connectivity index (χ1) is 14.1. The Morgan fingerprint density at radius 3 is 2.95 bits per heavy atom. The van der Waals surface area contributed by atoms with Gasteiger partial charge in [-0.05, 0) is 37.6 Å². The van der Waals surface area contributed by atoms with Crippen LogP contribution in [0.1, 0.15) is 40.1 Å². The number of rotatable bonds is 6. The van der Waals surface area contributed by atoms with Crippen molar-refractivity contribution >= 4 is 0 Å². The minimum absolute atomic E-state index is 0.234. The molecule has 0 aliphatic carbocycles. The number of para-hydroxylation sites is 1. The molecule has 1 unspecified atom stereocenters. The van der Waals surface area contributed by atoms with Crippen molar-refractivity contribution in [2.24, 2.45) is 0 Å². The minimum atomic E-state index is -2.60. The van der Waals surface area contributed by atoms with Gasteiger partial charge < -0.3 is 10.1 Å². The summed E-state index contributed by atoms with van der Waals surface area (Å²) in [6.07, 6.45) is -2.83. The van der Waals surface area contributed by atoms with Gasteiger partial charge in [0.2, 0.25) is 0 Å². The highest BCUT2D eigenvalue weighted by Gasteiger charge is 2.13. The average Bonchev–Trinajstić information content (AvgIpc) is 2.63. The third kappa shape index (κ3) is 3.83. The molecule has 100 valence electrons. The van der Waals surface area contributed by atoms with Crippen LogP contribution in [0.25, 0.3) is 0 Å². The van der Waals surface area contributed by atoms with E-state index >= 15 is 0 Å². The maximum Gasteiger partial charge on any atom is 0.125 e. The highest BCUT2D eigenvalue weighted by molar-refractivity contribution is 5.33. The predicted octanol–water partition coefficient (Wildman–Crippen LogP) is 3.72. The smallest absolute Gasteiger partial charge is 0.125 e. The normalized spacial score (nSPS) is 24.2. The van der Waals surface area contributed by atoms with Gasteiger partial charge in [0.1, 0.15) is 11.8 Å². The van der Waals surface area contributed by atoms with Gasteiger partial charge in [0.05, 0.1) is 8.22 Å². The zero-order valence-electron chi connectivity index (χ0n) is 22.1. The molecule has 2 aromatic carbocycles. The maximum absolute atomic E-state index is 8.86. The Labute approximate surface area is 132 Å². The Hall–Kier alpha value is -1.80. The van der Waals surface area contributed by atoms with Crippen molar-refractivity contribution in [3.8, 4) is 5.75 Å². The van der Waals surface area contributed by atoms with E-state index in [1.54, 1.807) is 0 Å². The molecule has 19 heavy (non-hydrogen) atoms. The van der Waals surface area contributed by atoms with Crippen molar-refractivity contribution in [1.29, 1.82) is 0 Å². The molecule has 0 heterocycles. The maximum atomic E-state index is 8.86. The van der Waals surface area contributed by atoms with Gasteiger partial charge in [-0.15, -0.1) is 0 Å². The van der Waals surface area contributed by atoms with E-state index in [9.17, 15) is 0 Å². The topological polar surface area (TPSA) is 21.3 Å². The van der Waals surface area contributed by atoms with Crippen LogP contribution < -0.4 is 10.1 Å². The number of hydrogen-bond donors (Lipinski definition) is 1. The number of nitrogens with one attached hydrogen (secondary N) is 1. The summed E-state index contributed by atoms with van der Waals surface area (Å²) < 4.78 is 99.1. The van der Waals surface area contributed by atoms with E-state index in [-0.39, 0.29) is 17.9 Å². The first-order valence-electron chi connectivity index (χ1n) is 11.7. The molecule has 2 aromatic rings. The summed E-state index contributed by atoms with van der Waals surface area (Å²) in [4.78, 5) is 0. The SMILES string of the molecule is [2H]c1c([2H])c([2H])c(C([2H])(CCNC([2H])([2H])[2H])Oc2ccccc2C([2H])([2H])[2H])c([2H])c1[2H]. The molecule has 0 radical (unpaired) electrons. The lowest BCUT2D eigenvalue weighted by Gasteiger charge is -2.20. The van der Waals surface area contributed by atoms with Crippen LogP contribution in [0.2, 0.25) is 0 Å². The van der Waals surface area contributed by atoms with Crippen LogP contribution in [0.15, 0.2) is 54.5 Å². The zero-order valence-corrected chi connectivity index (χ0v) is 10.1. The molecule has 0 aromatic heterocycles. The van der Waals surface area contributed by atoms with Crippen molar-refractivity contribution < 1.29 is 21.2 Å². The van der Waals surface area contributed by atoms with Crippen LogP contribution in [0.4, 0.5) is 0 Å². The first kappa shape index (κ1) is 4.95. The lowest BCUT2D eigenvalue weighted by molar-refractivity contribution is 0.193. The van der Waals surface area contributed by atoms with Crippen molar-refractivity contribution in [3.05, 3.63) is 65.6 Å². The van der Waals surface area contributed by atoms with E-state index in [1.165, 1.54) is 24.3 Å². The molecule has 1 atom stereocenters. The molecule has 0 bridgehead atoms. The van der Waals surface area contributed by atoms with Crippen LogP contribution >= 0.6 is 0 Å². The number of ether oxygens (including phenoxy) is 1. The Balaban J connectivity index is 2.65. The molecular formula is C17H21NO. The second-order valence-electron chi connectivity index (χ2n) is 3.70. The van der Waals surface area contributed by atoms with Gasteiger partial charge in [-0.25, -0.2) is 0 Å². The second-order valence-corrected chi connectivity index (χ2v) is 3.70. The zero-order chi connectivity index (χ0) is 23.8. The standard InChI is InChI=1S/C17H21NO/c1-14-8-6-7-11-16(14)19-17(12-13-18-2)15-9-4-3-5-10-15/h3-11,17-18H,12-13H2,1-2H3/i1D3,2D3,3D,4D,5D,9D,10D,17D. The van der Waals surface area contributed by atoms with E-state index in [1.807, 2.05) is 0 Å². The molecule has 2 nitrogen and oxygen atoms in total. The van der Waals surface area contributed by atoms with Gasteiger partial charge in [-0.1, -0.05) is 48.4 Å². The molecule has 2 heteroatoms. The third-order valence-electron chi connectivity index (χ3n) is 2.38. The highest BCUT2D eigenvalue weighted by atomic mass is 16.5. The fourth-order valence-corrected chi connectivity index (χ4v) is 1.48. The van der Waals surface area contributed by atoms with Crippen molar-refractivity contribution in [3.63, 3.8) is 0 Å². The Morgan fingerprint density at radius 1 is 1.32 bits per heavy atom. The van der Waals surface area contributed by atoms with Gasteiger partial charge in [-0.2, -0.15) is 0 Å². The summed E-state index contributed by atoms with van der Waals surface area (Å²) in [5.74, 6) is -0.238. The summed E-state index contributed by atoms with van der Waals surface area (Å²) in [7, 11) is 0. The second kappa shape index (κ2) is 6.95. The molecular weight excluding hydrogens is 234 g/mol. The van der Waals surface area contributed by atoms with Crippen LogP contribution in [0.5, 0.6) is 5.75 Å². The number of benzene rings is 2. The molecule has 0 saturated heterocycles.